The van der Waals surface area contributed by atoms with Crippen molar-refractivity contribution in [3.8, 4) is 0 Å². The maximum absolute atomic E-state index is 12.3. The van der Waals surface area contributed by atoms with Crippen LogP contribution < -0.4 is 0 Å². The Kier molecular flexibility index (Phi) is 5.28. The van der Waals surface area contributed by atoms with Gasteiger partial charge in [-0.2, -0.15) is 11.8 Å². The second-order valence-corrected chi connectivity index (χ2v) is 9.39. The maximum Gasteiger partial charge on any atom is 0.186 e. The minimum absolute atomic E-state index is 0.0234. The molecule has 20 heavy (non-hydrogen) atoms. The van der Waals surface area contributed by atoms with Gasteiger partial charge >= 0.3 is 0 Å². The van der Waals surface area contributed by atoms with E-state index in [9.17, 15) is 13.2 Å². The average Bonchev–Trinajstić information content (AvgIpc) is 2.87. The van der Waals surface area contributed by atoms with Crippen molar-refractivity contribution >= 4 is 38.7 Å². The van der Waals surface area contributed by atoms with E-state index in [-0.39, 0.29) is 12.3 Å². The maximum atomic E-state index is 12.3. The second kappa shape index (κ2) is 6.60. The molecule has 1 aliphatic heterocycles. The predicted molar refractivity (Wildman–Crippen MR) is 85.6 cm³/mol. The minimum atomic E-state index is -3.15. The quantitative estimate of drug-likeness (QED) is 0.771. The highest BCUT2D eigenvalue weighted by atomic mass is 32.2. The number of thiophene rings is 1. The Morgan fingerprint density at radius 3 is 2.80 bits per heavy atom. The molecule has 0 saturated carbocycles. The second-order valence-electron chi connectivity index (χ2n) is 4.87. The van der Waals surface area contributed by atoms with Crippen LogP contribution in [-0.4, -0.2) is 55.3 Å². The SMILES string of the molecule is CCc1ccc(C(=O)CN2CCSCC2S(C)(=O)=O)s1. The standard InChI is InChI=1S/C13H19NO3S3/c1-3-10-4-5-12(19-10)11(15)8-14-6-7-18-9-13(14)20(2,16)17/h4-5,13H,3,6-9H2,1-2H3. The minimum Gasteiger partial charge on any atom is -0.292 e. The van der Waals surface area contributed by atoms with Gasteiger partial charge in [0.05, 0.1) is 11.4 Å². The molecule has 112 valence electrons. The van der Waals surface area contributed by atoms with E-state index in [1.54, 1.807) is 16.7 Å². The van der Waals surface area contributed by atoms with Gasteiger partial charge in [-0.1, -0.05) is 6.92 Å². The summed E-state index contributed by atoms with van der Waals surface area (Å²) in [5.41, 5.74) is 0. The average molecular weight is 334 g/mol. The van der Waals surface area contributed by atoms with E-state index >= 15 is 0 Å². The molecule has 0 aliphatic carbocycles. The Balaban J connectivity index is 2.08. The van der Waals surface area contributed by atoms with Crippen molar-refractivity contribution in [1.82, 2.24) is 4.90 Å². The first-order chi connectivity index (χ1) is 9.41. The van der Waals surface area contributed by atoms with Crippen LogP contribution in [0, 0.1) is 0 Å². The molecule has 0 radical (unpaired) electrons. The molecule has 1 aromatic rings. The molecule has 1 aromatic heterocycles. The van der Waals surface area contributed by atoms with Gasteiger partial charge < -0.3 is 0 Å². The zero-order valence-electron chi connectivity index (χ0n) is 11.7. The molecule has 4 nitrogen and oxygen atoms in total. The number of sulfone groups is 1. The van der Waals surface area contributed by atoms with Crippen molar-refractivity contribution in [3.05, 3.63) is 21.9 Å². The summed E-state index contributed by atoms with van der Waals surface area (Å²) >= 11 is 3.14. The van der Waals surface area contributed by atoms with Crippen LogP contribution >= 0.6 is 23.1 Å². The normalized spacial score (nSPS) is 21.0. The van der Waals surface area contributed by atoms with Gasteiger partial charge in [-0.05, 0) is 18.6 Å². The first-order valence-electron chi connectivity index (χ1n) is 6.54. The Hall–Kier alpha value is -0.370. The van der Waals surface area contributed by atoms with Crippen LogP contribution in [0.3, 0.4) is 0 Å². The zero-order valence-corrected chi connectivity index (χ0v) is 14.1. The summed E-state index contributed by atoms with van der Waals surface area (Å²) in [6.07, 6.45) is 2.17. The van der Waals surface area contributed by atoms with Crippen molar-refractivity contribution in [2.45, 2.75) is 18.7 Å². The largest absolute Gasteiger partial charge is 0.292 e. The lowest BCUT2D eigenvalue weighted by molar-refractivity contribution is 0.0932. The Bertz CT molecular complexity index is 579. The van der Waals surface area contributed by atoms with E-state index in [2.05, 4.69) is 6.92 Å². The van der Waals surface area contributed by atoms with Gasteiger partial charge in [-0.25, -0.2) is 8.42 Å². The van der Waals surface area contributed by atoms with Gasteiger partial charge in [0.15, 0.2) is 15.6 Å². The van der Waals surface area contributed by atoms with Crippen LogP contribution in [0.1, 0.15) is 21.5 Å². The van der Waals surface area contributed by atoms with E-state index in [1.165, 1.54) is 22.5 Å². The number of thioether (sulfide) groups is 1. The molecule has 2 rings (SSSR count). The highest BCUT2D eigenvalue weighted by Crippen LogP contribution is 2.22. The van der Waals surface area contributed by atoms with Gasteiger partial charge in [0.2, 0.25) is 0 Å². The Morgan fingerprint density at radius 1 is 1.45 bits per heavy atom. The van der Waals surface area contributed by atoms with Crippen LogP contribution in [0.25, 0.3) is 0 Å². The number of rotatable bonds is 5. The van der Waals surface area contributed by atoms with Crippen molar-refractivity contribution < 1.29 is 13.2 Å². The fourth-order valence-corrected chi connectivity index (χ4v) is 5.99. The van der Waals surface area contributed by atoms with E-state index < -0.39 is 15.2 Å². The molecule has 1 saturated heterocycles. The highest BCUT2D eigenvalue weighted by molar-refractivity contribution is 8.00. The smallest absolute Gasteiger partial charge is 0.186 e. The highest BCUT2D eigenvalue weighted by Gasteiger charge is 2.32. The summed E-state index contributed by atoms with van der Waals surface area (Å²) in [4.78, 5) is 16.0. The summed E-state index contributed by atoms with van der Waals surface area (Å²) in [5.74, 6) is 1.45. The monoisotopic (exact) mass is 333 g/mol. The van der Waals surface area contributed by atoms with Gasteiger partial charge in [-0.3, -0.25) is 9.69 Å². The molecule has 0 amide bonds. The van der Waals surface area contributed by atoms with E-state index in [1.807, 2.05) is 12.1 Å². The number of carbonyl (C=O) groups is 1. The number of ketones is 1. The Morgan fingerprint density at radius 2 is 2.20 bits per heavy atom. The summed E-state index contributed by atoms with van der Waals surface area (Å²) in [7, 11) is -3.15. The molecule has 1 aliphatic rings. The lowest BCUT2D eigenvalue weighted by Crippen LogP contribution is -2.48. The number of carbonyl (C=O) groups excluding carboxylic acids is 1. The van der Waals surface area contributed by atoms with E-state index in [4.69, 9.17) is 0 Å². The van der Waals surface area contributed by atoms with Crippen LogP contribution in [0.2, 0.25) is 0 Å². The van der Waals surface area contributed by atoms with Crippen molar-refractivity contribution in [2.75, 3.05) is 30.9 Å². The fraction of sp³-hybridized carbons (Fsp3) is 0.615. The third-order valence-corrected chi connectivity index (χ3v) is 7.27. The fourth-order valence-electron chi connectivity index (χ4n) is 2.17. The van der Waals surface area contributed by atoms with Crippen LogP contribution in [0.5, 0.6) is 0 Å². The van der Waals surface area contributed by atoms with Crippen molar-refractivity contribution in [2.24, 2.45) is 0 Å². The Labute approximate surface area is 128 Å². The molecular weight excluding hydrogens is 314 g/mol. The first kappa shape index (κ1) is 16.0. The number of hydrogen-bond acceptors (Lipinski definition) is 6. The molecular formula is C13H19NO3S3. The third-order valence-electron chi connectivity index (χ3n) is 3.32. The van der Waals surface area contributed by atoms with E-state index in [0.29, 0.717) is 12.3 Å². The summed E-state index contributed by atoms with van der Waals surface area (Å²) in [5, 5.41) is -0.532. The van der Waals surface area contributed by atoms with E-state index in [0.717, 1.165) is 17.1 Å². The summed E-state index contributed by atoms with van der Waals surface area (Å²) in [6.45, 7) is 2.91. The number of nitrogens with zero attached hydrogens (tertiary/aromatic N) is 1. The zero-order chi connectivity index (χ0) is 14.8. The van der Waals surface area contributed by atoms with Gasteiger partial charge in [-0.15, -0.1) is 11.3 Å². The molecule has 0 spiro atoms. The predicted octanol–water partition coefficient (Wildman–Crippen LogP) is 1.91. The molecule has 1 fully saturated rings. The summed E-state index contributed by atoms with van der Waals surface area (Å²) in [6, 6.07) is 3.82. The number of aryl methyl sites for hydroxylation is 1. The van der Waals surface area contributed by atoms with Crippen LogP contribution in [0.15, 0.2) is 12.1 Å². The molecule has 0 N–H and O–H groups in total. The summed E-state index contributed by atoms with van der Waals surface area (Å²) < 4.78 is 23.6. The van der Waals surface area contributed by atoms with Crippen LogP contribution in [-0.2, 0) is 16.3 Å². The topological polar surface area (TPSA) is 54.5 Å². The molecule has 0 bridgehead atoms. The molecule has 7 heteroatoms. The molecule has 1 unspecified atom stereocenters. The third kappa shape index (κ3) is 3.84. The molecule has 2 heterocycles. The molecule has 1 atom stereocenters. The lowest BCUT2D eigenvalue weighted by atomic mass is 10.3. The molecule has 0 aromatic carbocycles. The van der Waals surface area contributed by atoms with Gasteiger partial charge in [0.1, 0.15) is 5.37 Å². The first-order valence-corrected chi connectivity index (χ1v) is 10.5. The van der Waals surface area contributed by atoms with Crippen molar-refractivity contribution in [3.63, 3.8) is 0 Å². The van der Waals surface area contributed by atoms with Gasteiger partial charge in [0, 0.05) is 29.2 Å². The lowest BCUT2D eigenvalue weighted by Gasteiger charge is -2.33. The number of Topliss-reactive ketones (excluding diaryl/α,β-unsaturated/α-hetero) is 1. The van der Waals surface area contributed by atoms with Crippen molar-refractivity contribution in [1.29, 1.82) is 0 Å². The van der Waals surface area contributed by atoms with Gasteiger partial charge in [0.25, 0.3) is 0 Å². The number of hydrogen-bond donors (Lipinski definition) is 0. The van der Waals surface area contributed by atoms with Crippen LogP contribution in [0.4, 0.5) is 0 Å².